The molecule has 0 aliphatic carbocycles. The molecular formula is C24H45O6Yb. The minimum absolute atomic E-state index is 0. The molecule has 0 aliphatic heterocycles. The Hall–Kier alpha value is -0.0705. The van der Waals surface area contributed by atoms with Crippen LogP contribution < -0.4 is 15.3 Å². The number of rotatable bonds is 15. The molecule has 0 aliphatic rings. The maximum atomic E-state index is 10.3. The molecule has 191 valence electrons. The molecule has 7 heteroatoms. The summed E-state index contributed by atoms with van der Waals surface area (Å²) in [4.78, 5) is 31.0. The van der Waals surface area contributed by atoms with Gasteiger partial charge in [-0.3, -0.25) is 0 Å². The van der Waals surface area contributed by atoms with Gasteiger partial charge in [0.05, 0.1) is 0 Å². The number of unbranched alkanes of at least 4 members (excludes halogenated alkanes) is 3. The average Bonchev–Trinajstić information content (AvgIpc) is 2.70. The van der Waals surface area contributed by atoms with Gasteiger partial charge in [0.2, 0.25) is 0 Å². The van der Waals surface area contributed by atoms with Crippen LogP contribution in [0.3, 0.4) is 0 Å². The van der Waals surface area contributed by atoms with Crippen LogP contribution in [0.4, 0.5) is 0 Å². The monoisotopic (exact) mass is 603 g/mol. The molecule has 0 N–H and O–H groups in total. The van der Waals surface area contributed by atoms with Gasteiger partial charge in [-0.2, -0.15) is 0 Å². The molecule has 0 heterocycles. The van der Waals surface area contributed by atoms with Crippen molar-refractivity contribution in [2.75, 3.05) is 0 Å². The first-order chi connectivity index (χ1) is 14.2. The molecule has 0 bridgehead atoms. The number of hydrogen-bond acceptors (Lipinski definition) is 6. The number of carbonyl (C=O) groups is 3. The van der Waals surface area contributed by atoms with Crippen LogP contribution >= 0.6 is 0 Å². The second-order valence-corrected chi connectivity index (χ2v) is 7.70. The largest absolute Gasteiger partial charge is 3.00 e. The van der Waals surface area contributed by atoms with Crippen molar-refractivity contribution in [3.63, 3.8) is 0 Å². The van der Waals surface area contributed by atoms with Crippen LogP contribution in [0, 0.1) is 64.7 Å². The predicted octanol–water partition coefficient (Wildman–Crippen LogP) is 2.86. The topological polar surface area (TPSA) is 120 Å². The van der Waals surface area contributed by atoms with Gasteiger partial charge in [-0.15, -0.1) is 0 Å². The van der Waals surface area contributed by atoms with Crippen LogP contribution in [0.15, 0.2) is 0 Å². The van der Waals surface area contributed by atoms with Crippen molar-refractivity contribution in [1.82, 2.24) is 0 Å². The third kappa shape index (κ3) is 26.1. The molecular weight excluding hydrogens is 557 g/mol. The number of carboxylic acids is 3. The Morgan fingerprint density at radius 1 is 0.516 bits per heavy atom. The van der Waals surface area contributed by atoms with Crippen molar-refractivity contribution >= 4 is 17.9 Å². The first kappa shape index (κ1) is 38.2. The molecule has 0 rings (SSSR count). The van der Waals surface area contributed by atoms with Gasteiger partial charge in [0.25, 0.3) is 0 Å². The van der Waals surface area contributed by atoms with Gasteiger partial charge in [-0.1, -0.05) is 80.1 Å². The van der Waals surface area contributed by atoms with Gasteiger partial charge >= 0.3 is 46.9 Å². The van der Waals surface area contributed by atoms with E-state index in [-0.39, 0.29) is 64.7 Å². The Morgan fingerprint density at radius 2 is 0.710 bits per heavy atom. The Morgan fingerprint density at radius 3 is 0.806 bits per heavy atom. The molecule has 0 fully saturated rings. The van der Waals surface area contributed by atoms with Crippen molar-refractivity contribution in [3.05, 3.63) is 0 Å². The van der Waals surface area contributed by atoms with Crippen LogP contribution in [0.1, 0.15) is 119 Å². The summed E-state index contributed by atoms with van der Waals surface area (Å²) >= 11 is 0. The zero-order valence-corrected chi connectivity index (χ0v) is 22.1. The van der Waals surface area contributed by atoms with E-state index in [1.165, 1.54) is 0 Å². The van der Waals surface area contributed by atoms with E-state index in [1.54, 1.807) is 0 Å². The Kier molecular flexibility index (Phi) is 34.5. The van der Waals surface area contributed by atoms with Gasteiger partial charge in [-0.05, 0) is 56.3 Å². The summed E-state index contributed by atoms with van der Waals surface area (Å²) < 4.78 is 0. The molecule has 31 heavy (non-hydrogen) atoms. The minimum atomic E-state index is -0.893. The van der Waals surface area contributed by atoms with Crippen LogP contribution in [0.5, 0.6) is 0 Å². The van der Waals surface area contributed by atoms with E-state index >= 15 is 0 Å². The molecule has 0 amide bonds. The smallest absolute Gasteiger partial charge is 0.550 e. The van der Waals surface area contributed by atoms with Gasteiger partial charge in [0.1, 0.15) is 0 Å². The summed E-state index contributed by atoms with van der Waals surface area (Å²) in [5, 5.41) is 31.0. The Bertz CT molecular complexity index is 366. The molecule has 0 aromatic rings. The van der Waals surface area contributed by atoms with Gasteiger partial charge in [0.15, 0.2) is 0 Å². The molecule has 3 atom stereocenters. The van der Waals surface area contributed by atoms with Crippen molar-refractivity contribution in [2.45, 2.75) is 119 Å². The molecule has 0 spiro atoms. The SMILES string of the molecule is CCCCC(CC)C(=O)[O-].CCCCC(CC)C(=O)[O-].CCCCC(CC)C(=O)[O-].[Yb+3]. The van der Waals surface area contributed by atoms with Crippen molar-refractivity contribution in [2.24, 2.45) is 17.8 Å². The second kappa shape index (κ2) is 28.0. The summed E-state index contributed by atoms with van der Waals surface area (Å²) in [6.45, 7) is 11.8. The zero-order chi connectivity index (χ0) is 23.9. The summed E-state index contributed by atoms with van der Waals surface area (Å²) in [7, 11) is 0. The first-order valence-electron chi connectivity index (χ1n) is 11.8. The van der Waals surface area contributed by atoms with Crippen LogP contribution in [0.25, 0.3) is 0 Å². The van der Waals surface area contributed by atoms with Gasteiger partial charge in [-0.25, -0.2) is 0 Å². The Labute approximate surface area is 229 Å². The fourth-order valence-electron chi connectivity index (χ4n) is 2.82. The summed E-state index contributed by atoms with van der Waals surface area (Å²) in [5.74, 6) is -3.34. The van der Waals surface area contributed by atoms with E-state index in [1.807, 2.05) is 20.8 Å². The van der Waals surface area contributed by atoms with E-state index in [9.17, 15) is 29.7 Å². The van der Waals surface area contributed by atoms with Gasteiger partial charge < -0.3 is 29.7 Å². The predicted molar refractivity (Wildman–Crippen MR) is 115 cm³/mol. The first-order valence-corrected chi connectivity index (χ1v) is 11.8. The van der Waals surface area contributed by atoms with Gasteiger partial charge in [0, 0.05) is 17.9 Å². The van der Waals surface area contributed by atoms with E-state index in [4.69, 9.17) is 0 Å². The van der Waals surface area contributed by atoms with Crippen molar-refractivity contribution < 1.29 is 76.6 Å². The molecule has 3 unspecified atom stereocenters. The summed E-state index contributed by atoms with van der Waals surface area (Å²) in [6, 6.07) is 0. The average molecular weight is 603 g/mol. The number of carbonyl (C=O) groups excluding carboxylic acids is 3. The number of aliphatic carboxylic acids is 3. The van der Waals surface area contributed by atoms with E-state index in [0.717, 1.165) is 57.8 Å². The second-order valence-electron chi connectivity index (χ2n) is 7.70. The van der Waals surface area contributed by atoms with Crippen LogP contribution in [-0.4, -0.2) is 17.9 Å². The van der Waals surface area contributed by atoms with Crippen LogP contribution in [0.2, 0.25) is 0 Å². The van der Waals surface area contributed by atoms with E-state index < -0.39 is 17.9 Å². The maximum absolute atomic E-state index is 10.3. The summed E-state index contributed by atoms with van der Waals surface area (Å²) in [5.41, 5.74) is 0. The normalized spacial score (nSPS) is 12.6. The maximum Gasteiger partial charge on any atom is 3.00 e. The Balaban J connectivity index is -0.000000174. The fraction of sp³-hybridized carbons (Fsp3) is 0.875. The standard InChI is InChI=1S/3C8H16O2.Yb/c3*1-3-5-6-7(4-2)8(9)10;/h3*7H,3-6H2,1-2H3,(H,9,10);/q;;;+3/p-3. The van der Waals surface area contributed by atoms with Crippen molar-refractivity contribution in [3.8, 4) is 0 Å². The van der Waals surface area contributed by atoms with Crippen LogP contribution in [-0.2, 0) is 14.4 Å². The molecule has 0 saturated carbocycles. The third-order valence-corrected chi connectivity index (χ3v) is 5.20. The molecule has 6 nitrogen and oxygen atoms in total. The minimum Gasteiger partial charge on any atom is -0.550 e. The third-order valence-electron chi connectivity index (χ3n) is 5.20. The zero-order valence-electron chi connectivity index (χ0n) is 20.4. The molecule has 0 aromatic heterocycles. The fourth-order valence-corrected chi connectivity index (χ4v) is 2.82. The molecule has 1 radical (unpaired) electrons. The molecule has 0 saturated heterocycles. The van der Waals surface area contributed by atoms with E-state index in [2.05, 4.69) is 20.8 Å². The molecule has 0 aromatic carbocycles. The van der Waals surface area contributed by atoms with E-state index in [0.29, 0.717) is 19.3 Å². The quantitative estimate of drug-likeness (QED) is 0.284. The van der Waals surface area contributed by atoms with Crippen molar-refractivity contribution in [1.29, 1.82) is 0 Å². The number of hydrogen-bond donors (Lipinski definition) is 0. The number of carboxylic acid groups (broad SMARTS) is 3. The summed E-state index contributed by atoms with van der Waals surface area (Å²) in [6.07, 6.45) is 10.6.